The van der Waals surface area contributed by atoms with E-state index in [1.807, 2.05) is 13.0 Å². The Hall–Kier alpha value is -3.22. The highest BCUT2D eigenvalue weighted by molar-refractivity contribution is 7.11. The number of thiophene rings is 1. The summed E-state index contributed by atoms with van der Waals surface area (Å²) in [6.45, 7) is 12.8. The number of carbonyl (C=O) groups excluding carboxylic acids is 1. The van der Waals surface area contributed by atoms with Crippen LogP contribution in [0.15, 0.2) is 45.6 Å². The van der Waals surface area contributed by atoms with Gasteiger partial charge in [-0.1, -0.05) is 39.8 Å². The first kappa shape index (κ1) is 28.4. The van der Waals surface area contributed by atoms with Gasteiger partial charge in [0.05, 0.1) is 11.5 Å². The van der Waals surface area contributed by atoms with Gasteiger partial charge in [-0.05, 0) is 56.4 Å². The predicted molar refractivity (Wildman–Crippen MR) is 149 cm³/mol. The Morgan fingerprint density at radius 1 is 1.22 bits per heavy atom. The number of likely N-dealkylation sites (tertiary alicyclic amines) is 1. The third-order valence-electron chi connectivity index (χ3n) is 6.04. The first-order valence-corrected chi connectivity index (χ1v) is 13.6. The van der Waals surface area contributed by atoms with E-state index in [2.05, 4.69) is 66.4 Å². The fourth-order valence-electron chi connectivity index (χ4n) is 4.12. The number of nitrogens with zero attached hydrogens (tertiary/aromatic N) is 3. The van der Waals surface area contributed by atoms with Gasteiger partial charge in [-0.2, -0.15) is 10.2 Å². The zero-order valence-corrected chi connectivity index (χ0v) is 23.2. The Kier molecular flexibility index (Phi) is 9.84. The fourth-order valence-corrected chi connectivity index (χ4v) is 5.05. The number of fused-ring (bicyclic) bond motifs is 1. The molecule has 1 unspecified atom stereocenters. The largest absolute Gasteiger partial charge is 0.441 e. The second kappa shape index (κ2) is 12.8. The highest BCUT2D eigenvalue weighted by Crippen LogP contribution is 2.26. The number of amides is 1. The zero-order valence-electron chi connectivity index (χ0n) is 22.3. The van der Waals surface area contributed by atoms with Crippen molar-refractivity contribution in [1.29, 1.82) is 5.26 Å². The summed E-state index contributed by atoms with van der Waals surface area (Å²) in [5.74, 6) is 0.129. The minimum atomic E-state index is -0.904. The molecule has 0 bridgehead atoms. The van der Waals surface area contributed by atoms with Gasteiger partial charge in [0.25, 0.3) is 0 Å². The van der Waals surface area contributed by atoms with Gasteiger partial charge in [-0.15, -0.1) is 11.3 Å². The lowest BCUT2D eigenvalue weighted by Crippen LogP contribution is -2.57. The molecule has 0 spiro atoms. The van der Waals surface area contributed by atoms with Gasteiger partial charge in [-0.25, -0.2) is 4.79 Å². The smallest absolute Gasteiger partial charge is 0.408 e. The van der Waals surface area contributed by atoms with Gasteiger partial charge in [0.15, 0.2) is 0 Å². The van der Waals surface area contributed by atoms with Gasteiger partial charge in [-0.3, -0.25) is 9.69 Å². The summed E-state index contributed by atoms with van der Waals surface area (Å²) in [5.41, 5.74) is -0.503. The van der Waals surface area contributed by atoms with Gasteiger partial charge in [0.1, 0.15) is 23.0 Å². The molecule has 3 aromatic rings. The number of nitriles is 1. The Bertz CT molecular complexity index is 1280. The van der Waals surface area contributed by atoms with E-state index in [0.717, 1.165) is 25.6 Å². The molecule has 9 heteroatoms. The number of rotatable bonds is 7. The van der Waals surface area contributed by atoms with Gasteiger partial charge in [0, 0.05) is 29.4 Å². The molecule has 0 radical (unpaired) electrons. The average Bonchev–Trinajstić information content (AvgIpc) is 3.27. The van der Waals surface area contributed by atoms with E-state index in [0.29, 0.717) is 36.0 Å². The lowest BCUT2D eigenvalue weighted by Gasteiger charge is -2.38. The monoisotopic (exact) mass is 523 g/mol. The van der Waals surface area contributed by atoms with Crippen LogP contribution in [-0.2, 0) is 11.3 Å². The highest BCUT2D eigenvalue weighted by Gasteiger charge is 2.37. The molecule has 2 N–H and O–H groups in total. The molecule has 1 saturated heterocycles. The number of carbonyl (C=O) groups is 1. The summed E-state index contributed by atoms with van der Waals surface area (Å²) in [4.78, 5) is 33.8. The Labute approximate surface area is 222 Å². The Morgan fingerprint density at radius 2 is 1.89 bits per heavy atom. The molecule has 2 aromatic heterocycles. The van der Waals surface area contributed by atoms with E-state index in [-0.39, 0.29) is 5.91 Å². The molecule has 1 amide bonds. The number of nitrogens with one attached hydrogen (secondary N) is 2. The highest BCUT2D eigenvalue weighted by atomic mass is 32.1. The summed E-state index contributed by atoms with van der Waals surface area (Å²) in [5, 5.41) is 16.6. The second-order valence-corrected chi connectivity index (χ2v) is 11.5. The summed E-state index contributed by atoms with van der Waals surface area (Å²) in [7, 11) is 0. The molecule has 0 aliphatic carbocycles. The molecule has 37 heavy (non-hydrogen) atoms. The maximum Gasteiger partial charge on any atom is 0.441 e. The first-order valence-electron chi connectivity index (χ1n) is 12.8. The maximum atomic E-state index is 13.1. The molecular formula is C28H37N5O3S. The van der Waals surface area contributed by atoms with E-state index < -0.39 is 17.3 Å². The minimum Gasteiger partial charge on any atom is -0.408 e. The Morgan fingerprint density at radius 3 is 2.49 bits per heavy atom. The van der Waals surface area contributed by atoms with Crippen LogP contribution in [0.2, 0.25) is 0 Å². The van der Waals surface area contributed by atoms with Crippen LogP contribution < -0.4 is 16.4 Å². The van der Waals surface area contributed by atoms with Crippen LogP contribution >= 0.6 is 11.3 Å². The van der Waals surface area contributed by atoms with E-state index in [1.165, 1.54) is 9.75 Å². The topological polar surface area (TPSA) is 111 Å². The molecule has 3 heterocycles. The van der Waals surface area contributed by atoms with Crippen LogP contribution in [0, 0.1) is 24.2 Å². The molecule has 1 aromatic carbocycles. The van der Waals surface area contributed by atoms with Crippen molar-refractivity contribution in [2.75, 3.05) is 18.4 Å². The molecule has 8 nitrogen and oxygen atoms in total. The zero-order chi connectivity index (χ0) is 27.0. The van der Waals surface area contributed by atoms with Crippen LogP contribution in [-0.4, -0.2) is 40.5 Å². The summed E-state index contributed by atoms with van der Waals surface area (Å²) < 4.78 is 5.13. The molecule has 1 aliphatic heterocycles. The fraction of sp³-hybridized carbons (Fsp3) is 0.500. The van der Waals surface area contributed by atoms with E-state index in [1.54, 1.807) is 29.5 Å². The van der Waals surface area contributed by atoms with Crippen molar-refractivity contribution in [3.63, 3.8) is 0 Å². The van der Waals surface area contributed by atoms with Crippen molar-refractivity contribution >= 4 is 34.0 Å². The number of hydrogen-bond acceptors (Lipinski definition) is 8. The van der Waals surface area contributed by atoms with E-state index in [9.17, 15) is 14.9 Å². The number of benzene rings is 1. The number of hydrogen-bond donors (Lipinski definition) is 2. The third kappa shape index (κ3) is 7.88. The SMILES string of the molecule is CC(C)C.CCC(Nc1nc(=O)oc2ccccc12)C(=O)NC1(C#N)CCN(Cc2ccc(C)s2)CC1. The van der Waals surface area contributed by atoms with Crippen LogP contribution in [0.25, 0.3) is 11.0 Å². The molecule has 1 fully saturated rings. The molecule has 1 aliphatic rings. The average molecular weight is 524 g/mol. The number of aromatic nitrogens is 1. The van der Waals surface area contributed by atoms with Crippen molar-refractivity contribution in [2.24, 2.45) is 5.92 Å². The first-order chi connectivity index (χ1) is 17.6. The van der Waals surface area contributed by atoms with Crippen molar-refractivity contribution in [1.82, 2.24) is 15.2 Å². The number of para-hydroxylation sites is 1. The van der Waals surface area contributed by atoms with Gasteiger partial charge < -0.3 is 15.1 Å². The van der Waals surface area contributed by atoms with E-state index in [4.69, 9.17) is 4.42 Å². The van der Waals surface area contributed by atoms with Crippen LogP contribution in [0.3, 0.4) is 0 Å². The molecule has 1 atom stereocenters. The minimum absolute atomic E-state index is 0.277. The van der Waals surface area contributed by atoms with Crippen molar-refractivity contribution < 1.29 is 9.21 Å². The van der Waals surface area contributed by atoms with Crippen LogP contribution in [0.4, 0.5) is 5.82 Å². The lowest BCUT2D eigenvalue weighted by atomic mass is 9.88. The van der Waals surface area contributed by atoms with Crippen molar-refractivity contribution in [3.05, 3.63) is 56.7 Å². The van der Waals surface area contributed by atoms with Gasteiger partial charge >= 0.3 is 5.76 Å². The number of piperidine rings is 1. The van der Waals surface area contributed by atoms with Crippen molar-refractivity contribution in [2.45, 2.75) is 72.0 Å². The standard InChI is InChI=1S/C24H27N5O3S.C4H10/c1-3-19(26-21-18-6-4-5-7-20(18)32-23(31)27-21)22(30)28-24(15-25)10-12-29(13-11-24)14-17-9-8-16(2)33-17;1-4(2)3/h4-9,19H,3,10-14H2,1-2H3,(H,28,30)(H,26,27,31);4H,1-3H3. The molecule has 4 rings (SSSR count). The normalized spacial score (nSPS) is 15.9. The molecular weight excluding hydrogens is 486 g/mol. The lowest BCUT2D eigenvalue weighted by molar-refractivity contribution is -0.123. The second-order valence-electron chi connectivity index (χ2n) is 10.1. The number of aryl methyl sites for hydroxylation is 1. The summed E-state index contributed by atoms with van der Waals surface area (Å²) in [6.07, 6.45) is 1.59. The summed E-state index contributed by atoms with van der Waals surface area (Å²) in [6, 6.07) is 13.0. The molecule has 198 valence electrons. The van der Waals surface area contributed by atoms with Gasteiger partial charge in [0.2, 0.25) is 5.91 Å². The van der Waals surface area contributed by atoms with Crippen molar-refractivity contribution in [3.8, 4) is 6.07 Å². The predicted octanol–water partition coefficient (Wildman–Crippen LogP) is 5.09. The Balaban J connectivity index is 0.000000886. The quantitative estimate of drug-likeness (QED) is 0.444. The summed E-state index contributed by atoms with van der Waals surface area (Å²) >= 11 is 1.79. The molecule has 0 saturated carbocycles. The van der Waals surface area contributed by atoms with Crippen LogP contribution in [0.1, 0.15) is 56.7 Å². The number of anilines is 1. The third-order valence-corrected chi connectivity index (χ3v) is 7.03. The van der Waals surface area contributed by atoms with Crippen LogP contribution in [0.5, 0.6) is 0 Å². The maximum absolute atomic E-state index is 13.1. The van der Waals surface area contributed by atoms with E-state index >= 15 is 0 Å².